The normalized spacial score (nSPS) is 10.2. The molecule has 2 amide bonds. The molecule has 128 valence electrons. The summed E-state index contributed by atoms with van der Waals surface area (Å²) in [6.07, 6.45) is 0.929. The summed E-state index contributed by atoms with van der Waals surface area (Å²) in [6.45, 7) is 3.32. The van der Waals surface area contributed by atoms with E-state index in [4.69, 9.17) is 4.74 Å². The zero-order chi connectivity index (χ0) is 17.2. The maximum Gasteiger partial charge on any atom is 0.322 e. The van der Waals surface area contributed by atoms with Gasteiger partial charge < -0.3 is 20.1 Å². The summed E-state index contributed by atoms with van der Waals surface area (Å²) in [5.74, 6) is 0.728. The van der Waals surface area contributed by atoms with Crippen LogP contribution in [-0.2, 0) is 6.54 Å². The molecule has 24 heavy (non-hydrogen) atoms. The van der Waals surface area contributed by atoms with E-state index in [9.17, 15) is 9.90 Å². The molecule has 0 aliphatic rings. The lowest BCUT2D eigenvalue weighted by Gasteiger charge is -2.22. The van der Waals surface area contributed by atoms with Crippen LogP contribution in [0, 0.1) is 0 Å². The van der Waals surface area contributed by atoms with E-state index in [1.807, 2.05) is 55.5 Å². The largest absolute Gasteiger partial charge is 0.494 e. The molecule has 0 aliphatic heterocycles. The summed E-state index contributed by atoms with van der Waals surface area (Å²) in [6, 6.07) is 16.8. The summed E-state index contributed by atoms with van der Waals surface area (Å²) in [5.41, 5.74) is 1.69. The lowest BCUT2D eigenvalue weighted by molar-refractivity contribution is 0.185. The fourth-order valence-corrected chi connectivity index (χ4v) is 2.26. The monoisotopic (exact) mass is 328 g/mol. The minimum Gasteiger partial charge on any atom is -0.494 e. The Kier molecular flexibility index (Phi) is 7.11. The van der Waals surface area contributed by atoms with Crippen LogP contribution in [0.25, 0.3) is 0 Å². The first kappa shape index (κ1) is 17.8. The van der Waals surface area contributed by atoms with Gasteiger partial charge in [0.15, 0.2) is 0 Å². The first-order chi connectivity index (χ1) is 11.7. The van der Waals surface area contributed by atoms with E-state index >= 15 is 0 Å². The molecule has 2 aromatic rings. The minimum absolute atomic E-state index is 0.0834. The van der Waals surface area contributed by atoms with Crippen molar-refractivity contribution in [2.24, 2.45) is 0 Å². The van der Waals surface area contributed by atoms with Crippen molar-refractivity contribution in [2.45, 2.75) is 19.9 Å². The second-order valence-electron chi connectivity index (χ2n) is 5.44. The van der Waals surface area contributed by atoms with E-state index in [-0.39, 0.29) is 19.2 Å². The molecule has 0 spiro atoms. The molecular weight excluding hydrogens is 304 g/mol. The van der Waals surface area contributed by atoms with E-state index in [0.29, 0.717) is 18.8 Å². The number of aliphatic hydroxyl groups excluding tert-OH is 1. The zero-order valence-corrected chi connectivity index (χ0v) is 13.9. The average molecular weight is 328 g/mol. The number of amides is 2. The third kappa shape index (κ3) is 5.59. The predicted octanol–water partition coefficient (Wildman–Crippen LogP) is 3.50. The molecule has 0 saturated carbocycles. The number of nitrogens with zero attached hydrogens (tertiary/aromatic N) is 1. The van der Waals surface area contributed by atoms with E-state index in [0.717, 1.165) is 17.7 Å². The van der Waals surface area contributed by atoms with Crippen molar-refractivity contribution in [1.82, 2.24) is 4.90 Å². The van der Waals surface area contributed by atoms with Crippen LogP contribution in [0.15, 0.2) is 54.6 Å². The highest BCUT2D eigenvalue weighted by molar-refractivity contribution is 5.89. The number of carbonyl (C=O) groups excluding carboxylic acids is 1. The third-order valence-electron chi connectivity index (χ3n) is 3.43. The van der Waals surface area contributed by atoms with Crippen LogP contribution in [0.5, 0.6) is 5.75 Å². The van der Waals surface area contributed by atoms with Gasteiger partial charge in [0, 0.05) is 24.8 Å². The molecule has 0 unspecified atom stereocenters. The van der Waals surface area contributed by atoms with E-state index in [1.54, 1.807) is 11.0 Å². The van der Waals surface area contributed by atoms with Crippen LogP contribution >= 0.6 is 0 Å². The summed E-state index contributed by atoms with van der Waals surface area (Å²) in [7, 11) is 0. The average Bonchev–Trinajstić information content (AvgIpc) is 2.61. The van der Waals surface area contributed by atoms with E-state index in [1.165, 1.54) is 0 Å². The van der Waals surface area contributed by atoms with Crippen LogP contribution in [0.2, 0.25) is 0 Å². The van der Waals surface area contributed by atoms with Crippen molar-refractivity contribution in [1.29, 1.82) is 0 Å². The predicted molar refractivity (Wildman–Crippen MR) is 95.2 cm³/mol. The number of urea groups is 1. The molecule has 0 fully saturated rings. The van der Waals surface area contributed by atoms with Crippen molar-refractivity contribution in [3.63, 3.8) is 0 Å². The first-order valence-electron chi connectivity index (χ1n) is 8.16. The van der Waals surface area contributed by atoms with Gasteiger partial charge >= 0.3 is 6.03 Å². The first-order valence-corrected chi connectivity index (χ1v) is 8.16. The summed E-state index contributed by atoms with van der Waals surface area (Å²) in [5, 5.41) is 12.1. The SMILES string of the molecule is CCCOc1cccc(NC(=O)N(CCO)Cc2ccccc2)c1. The van der Waals surface area contributed by atoms with Gasteiger partial charge in [0.2, 0.25) is 0 Å². The van der Waals surface area contributed by atoms with Gasteiger partial charge in [0.25, 0.3) is 0 Å². The van der Waals surface area contributed by atoms with Gasteiger partial charge in [-0.15, -0.1) is 0 Å². The second kappa shape index (κ2) is 9.57. The zero-order valence-electron chi connectivity index (χ0n) is 13.9. The number of nitrogens with one attached hydrogen (secondary N) is 1. The van der Waals surface area contributed by atoms with Crippen LogP contribution in [0.4, 0.5) is 10.5 Å². The molecule has 5 heteroatoms. The van der Waals surface area contributed by atoms with Crippen LogP contribution in [-0.4, -0.2) is 35.8 Å². The lowest BCUT2D eigenvalue weighted by atomic mass is 10.2. The van der Waals surface area contributed by atoms with Crippen molar-refractivity contribution in [2.75, 3.05) is 25.1 Å². The Hall–Kier alpha value is -2.53. The molecule has 2 rings (SSSR count). The van der Waals surface area contributed by atoms with Gasteiger partial charge in [-0.05, 0) is 24.1 Å². The Morgan fingerprint density at radius 3 is 2.67 bits per heavy atom. The maximum absolute atomic E-state index is 12.5. The Morgan fingerprint density at radius 2 is 1.96 bits per heavy atom. The number of benzene rings is 2. The van der Waals surface area contributed by atoms with Gasteiger partial charge in [-0.3, -0.25) is 0 Å². The highest BCUT2D eigenvalue weighted by Gasteiger charge is 2.14. The summed E-state index contributed by atoms with van der Waals surface area (Å²) in [4.78, 5) is 14.1. The van der Waals surface area contributed by atoms with Gasteiger partial charge in [0.05, 0.1) is 13.2 Å². The molecule has 0 atom stereocenters. The molecular formula is C19H24N2O3. The van der Waals surface area contributed by atoms with E-state index in [2.05, 4.69) is 5.32 Å². The molecule has 2 N–H and O–H groups in total. The Balaban J connectivity index is 2.02. The van der Waals surface area contributed by atoms with Gasteiger partial charge in [0.1, 0.15) is 5.75 Å². The van der Waals surface area contributed by atoms with Crippen molar-refractivity contribution in [3.05, 3.63) is 60.2 Å². The fraction of sp³-hybridized carbons (Fsp3) is 0.316. The molecule has 0 radical (unpaired) electrons. The number of rotatable bonds is 8. The van der Waals surface area contributed by atoms with Crippen LogP contribution in [0.3, 0.4) is 0 Å². The van der Waals surface area contributed by atoms with Gasteiger partial charge in [-0.1, -0.05) is 43.3 Å². The number of aliphatic hydroxyl groups is 1. The van der Waals surface area contributed by atoms with E-state index < -0.39 is 0 Å². The van der Waals surface area contributed by atoms with Crippen molar-refractivity contribution < 1.29 is 14.6 Å². The number of carbonyl (C=O) groups is 1. The number of ether oxygens (including phenoxy) is 1. The highest BCUT2D eigenvalue weighted by Crippen LogP contribution is 2.18. The molecule has 0 saturated heterocycles. The van der Waals surface area contributed by atoms with Gasteiger partial charge in [-0.2, -0.15) is 0 Å². The number of hydrogen-bond acceptors (Lipinski definition) is 3. The Bertz CT molecular complexity index is 632. The summed E-state index contributed by atoms with van der Waals surface area (Å²) < 4.78 is 5.58. The molecule has 5 nitrogen and oxygen atoms in total. The molecule has 2 aromatic carbocycles. The Morgan fingerprint density at radius 1 is 1.17 bits per heavy atom. The number of hydrogen-bond donors (Lipinski definition) is 2. The quantitative estimate of drug-likeness (QED) is 0.779. The molecule has 0 bridgehead atoms. The van der Waals surface area contributed by atoms with Crippen molar-refractivity contribution >= 4 is 11.7 Å². The Labute approximate surface area is 142 Å². The second-order valence-corrected chi connectivity index (χ2v) is 5.44. The minimum atomic E-state index is -0.249. The molecule has 0 aromatic heterocycles. The molecule has 0 aliphatic carbocycles. The standard InChI is InChI=1S/C19H24N2O3/c1-2-13-24-18-10-6-9-17(14-18)20-19(23)21(11-12-22)15-16-7-4-3-5-8-16/h3-10,14,22H,2,11-13,15H2,1H3,(H,20,23). The van der Waals surface area contributed by atoms with Crippen LogP contribution < -0.4 is 10.1 Å². The van der Waals surface area contributed by atoms with Crippen LogP contribution in [0.1, 0.15) is 18.9 Å². The smallest absolute Gasteiger partial charge is 0.322 e. The lowest BCUT2D eigenvalue weighted by Crippen LogP contribution is -2.36. The summed E-state index contributed by atoms with van der Waals surface area (Å²) >= 11 is 0. The van der Waals surface area contributed by atoms with Crippen molar-refractivity contribution in [3.8, 4) is 5.75 Å². The third-order valence-corrected chi connectivity index (χ3v) is 3.43. The number of anilines is 1. The molecule has 0 heterocycles. The maximum atomic E-state index is 12.5. The fourth-order valence-electron chi connectivity index (χ4n) is 2.26. The van der Waals surface area contributed by atoms with Gasteiger partial charge in [-0.25, -0.2) is 4.79 Å². The highest BCUT2D eigenvalue weighted by atomic mass is 16.5. The topological polar surface area (TPSA) is 61.8 Å².